The van der Waals surface area contributed by atoms with Gasteiger partial charge in [-0.1, -0.05) is 6.07 Å². The summed E-state index contributed by atoms with van der Waals surface area (Å²) < 4.78 is 0. The number of nitrogens with zero attached hydrogens (tertiary/aromatic N) is 2. The number of pyridine rings is 1. The van der Waals surface area contributed by atoms with Crippen molar-refractivity contribution in [1.82, 2.24) is 15.3 Å². The number of aryl methyl sites for hydroxylation is 1. The van der Waals surface area contributed by atoms with E-state index in [4.69, 9.17) is 0 Å². The molecule has 0 aliphatic carbocycles. The summed E-state index contributed by atoms with van der Waals surface area (Å²) in [6, 6.07) is 3.74. The van der Waals surface area contributed by atoms with Crippen LogP contribution in [0.5, 0.6) is 0 Å². The molecule has 0 saturated heterocycles. The molecule has 2 heterocycles. The van der Waals surface area contributed by atoms with E-state index in [2.05, 4.69) is 15.3 Å². The second-order valence-corrected chi connectivity index (χ2v) is 4.60. The molecule has 0 aromatic carbocycles. The SMILES string of the molecule is Cc1ncsc1C(=O)N[C@H](C)c1cccnc1. The van der Waals surface area contributed by atoms with Gasteiger partial charge in [-0.25, -0.2) is 4.98 Å². The van der Waals surface area contributed by atoms with Crippen LogP contribution in [0.1, 0.15) is 33.9 Å². The van der Waals surface area contributed by atoms with Crippen LogP contribution in [-0.4, -0.2) is 15.9 Å². The van der Waals surface area contributed by atoms with Crippen LogP contribution < -0.4 is 5.32 Å². The molecule has 17 heavy (non-hydrogen) atoms. The molecule has 1 N–H and O–H groups in total. The highest BCUT2D eigenvalue weighted by Crippen LogP contribution is 2.15. The lowest BCUT2D eigenvalue weighted by atomic mass is 10.1. The van der Waals surface area contributed by atoms with Crippen LogP contribution in [0.4, 0.5) is 0 Å². The number of aromatic nitrogens is 2. The summed E-state index contributed by atoms with van der Waals surface area (Å²) in [5.74, 6) is -0.0821. The number of carbonyl (C=O) groups excluding carboxylic acids is 1. The van der Waals surface area contributed by atoms with Crippen molar-refractivity contribution < 1.29 is 4.79 Å². The van der Waals surface area contributed by atoms with E-state index in [1.54, 1.807) is 17.9 Å². The average Bonchev–Trinajstić information content (AvgIpc) is 2.76. The van der Waals surface area contributed by atoms with Crippen LogP contribution in [0.3, 0.4) is 0 Å². The second kappa shape index (κ2) is 5.05. The molecule has 0 fully saturated rings. The Morgan fingerprint density at radius 3 is 2.94 bits per heavy atom. The third-order valence-corrected chi connectivity index (χ3v) is 3.41. The van der Waals surface area contributed by atoms with Gasteiger partial charge in [0.15, 0.2) is 0 Å². The van der Waals surface area contributed by atoms with E-state index >= 15 is 0 Å². The van der Waals surface area contributed by atoms with Crippen LogP contribution >= 0.6 is 11.3 Å². The molecule has 88 valence electrons. The van der Waals surface area contributed by atoms with Gasteiger partial charge in [0, 0.05) is 12.4 Å². The van der Waals surface area contributed by atoms with Crippen molar-refractivity contribution in [2.45, 2.75) is 19.9 Å². The number of thiazole rings is 1. The number of rotatable bonds is 3. The minimum absolute atomic E-state index is 0.0577. The maximum absolute atomic E-state index is 11.9. The van der Waals surface area contributed by atoms with Gasteiger partial charge in [-0.2, -0.15) is 0 Å². The van der Waals surface area contributed by atoms with Crippen molar-refractivity contribution in [2.24, 2.45) is 0 Å². The maximum atomic E-state index is 11.9. The molecule has 0 radical (unpaired) electrons. The van der Waals surface area contributed by atoms with Gasteiger partial charge < -0.3 is 5.32 Å². The molecule has 5 heteroatoms. The lowest BCUT2D eigenvalue weighted by molar-refractivity contribution is 0.0943. The van der Waals surface area contributed by atoms with Crippen molar-refractivity contribution in [3.63, 3.8) is 0 Å². The summed E-state index contributed by atoms with van der Waals surface area (Å²) in [6.45, 7) is 3.77. The molecule has 0 bridgehead atoms. The van der Waals surface area contributed by atoms with Crippen LogP contribution in [0.2, 0.25) is 0 Å². The Morgan fingerprint density at radius 2 is 2.35 bits per heavy atom. The number of carbonyl (C=O) groups is 1. The van der Waals surface area contributed by atoms with Crippen molar-refractivity contribution in [3.8, 4) is 0 Å². The summed E-state index contributed by atoms with van der Waals surface area (Å²) in [6.07, 6.45) is 3.47. The molecule has 4 nitrogen and oxygen atoms in total. The van der Waals surface area contributed by atoms with Crippen LogP contribution in [0.25, 0.3) is 0 Å². The summed E-state index contributed by atoms with van der Waals surface area (Å²) in [4.78, 5) is 20.7. The van der Waals surface area contributed by atoms with E-state index in [1.165, 1.54) is 11.3 Å². The average molecular weight is 247 g/mol. The Kier molecular flexibility index (Phi) is 3.49. The Hall–Kier alpha value is -1.75. The first-order chi connectivity index (χ1) is 8.18. The van der Waals surface area contributed by atoms with Gasteiger partial charge in [0.25, 0.3) is 5.91 Å². The third-order valence-electron chi connectivity index (χ3n) is 2.48. The highest BCUT2D eigenvalue weighted by Gasteiger charge is 2.15. The van der Waals surface area contributed by atoms with Gasteiger partial charge in [-0.05, 0) is 25.5 Å². The molecule has 2 rings (SSSR count). The maximum Gasteiger partial charge on any atom is 0.263 e. The van der Waals surface area contributed by atoms with Crippen molar-refractivity contribution in [1.29, 1.82) is 0 Å². The number of nitrogens with one attached hydrogen (secondary N) is 1. The fraction of sp³-hybridized carbons (Fsp3) is 0.250. The first-order valence-corrected chi connectivity index (χ1v) is 6.17. The first kappa shape index (κ1) is 11.7. The zero-order valence-electron chi connectivity index (χ0n) is 9.68. The zero-order chi connectivity index (χ0) is 12.3. The Balaban J connectivity index is 2.08. The Morgan fingerprint density at radius 1 is 1.53 bits per heavy atom. The number of hydrogen-bond acceptors (Lipinski definition) is 4. The van der Waals surface area contributed by atoms with Crippen molar-refractivity contribution in [3.05, 3.63) is 46.2 Å². The van der Waals surface area contributed by atoms with Gasteiger partial charge in [0.1, 0.15) is 4.88 Å². The number of hydrogen-bond donors (Lipinski definition) is 1. The second-order valence-electron chi connectivity index (χ2n) is 3.75. The van der Waals surface area contributed by atoms with Crippen molar-refractivity contribution in [2.75, 3.05) is 0 Å². The standard InChI is InChI=1S/C12H13N3OS/c1-8(10-4-3-5-13-6-10)15-12(16)11-9(2)14-7-17-11/h3-8H,1-2H3,(H,15,16)/t8-/m1/s1. The van der Waals surface area contributed by atoms with Crippen molar-refractivity contribution >= 4 is 17.2 Å². The van der Waals surface area contributed by atoms with Crippen LogP contribution in [-0.2, 0) is 0 Å². The van der Waals surface area contributed by atoms with E-state index in [-0.39, 0.29) is 11.9 Å². The molecule has 1 atom stereocenters. The van der Waals surface area contributed by atoms with Gasteiger partial charge in [0.2, 0.25) is 0 Å². The molecule has 1 amide bonds. The topological polar surface area (TPSA) is 54.9 Å². The fourth-order valence-electron chi connectivity index (χ4n) is 1.50. The smallest absolute Gasteiger partial charge is 0.263 e. The van der Waals surface area contributed by atoms with Crippen LogP contribution in [0.15, 0.2) is 30.0 Å². The molecule has 0 aliphatic rings. The third kappa shape index (κ3) is 2.68. The van der Waals surface area contributed by atoms with Gasteiger partial charge in [-0.15, -0.1) is 11.3 Å². The van der Waals surface area contributed by atoms with E-state index in [9.17, 15) is 4.79 Å². The van der Waals surface area contributed by atoms with Gasteiger partial charge in [-0.3, -0.25) is 9.78 Å². The van der Waals surface area contributed by atoms with E-state index in [0.29, 0.717) is 4.88 Å². The highest BCUT2D eigenvalue weighted by molar-refractivity contribution is 7.11. The monoisotopic (exact) mass is 247 g/mol. The quantitative estimate of drug-likeness (QED) is 0.905. The van der Waals surface area contributed by atoms with E-state index < -0.39 is 0 Å². The summed E-state index contributed by atoms with van der Waals surface area (Å²) in [5.41, 5.74) is 3.44. The molecule has 0 saturated carbocycles. The first-order valence-electron chi connectivity index (χ1n) is 5.29. The molecular formula is C12H13N3OS. The Bertz CT molecular complexity index is 509. The predicted octanol–water partition coefficient (Wildman–Crippen LogP) is 2.34. The van der Waals surface area contributed by atoms with E-state index in [0.717, 1.165) is 11.3 Å². The van der Waals surface area contributed by atoms with Gasteiger partial charge >= 0.3 is 0 Å². The molecule has 0 aliphatic heterocycles. The zero-order valence-corrected chi connectivity index (χ0v) is 10.5. The van der Waals surface area contributed by atoms with Crippen LogP contribution in [0, 0.1) is 6.92 Å². The summed E-state index contributed by atoms with van der Waals surface area (Å²) in [7, 11) is 0. The minimum atomic E-state index is -0.0821. The molecule has 2 aromatic rings. The van der Waals surface area contributed by atoms with E-state index in [1.807, 2.05) is 26.0 Å². The lowest BCUT2D eigenvalue weighted by Gasteiger charge is -2.13. The normalized spacial score (nSPS) is 12.1. The molecular weight excluding hydrogens is 234 g/mol. The molecule has 0 spiro atoms. The van der Waals surface area contributed by atoms with Gasteiger partial charge in [0.05, 0.1) is 17.2 Å². The summed E-state index contributed by atoms with van der Waals surface area (Å²) in [5, 5.41) is 2.93. The minimum Gasteiger partial charge on any atom is -0.345 e. The fourth-order valence-corrected chi connectivity index (χ4v) is 2.20. The Labute approximate surface area is 104 Å². The highest BCUT2D eigenvalue weighted by atomic mass is 32.1. The number of amides is 1. The molecule has 0 unspecified atom stereocenters. The molecule has 2 aromatic heterocycles. The largest absolute Gasteiger partial charge is 0.345 e. The summed E-state index contributed by atoms with van der Waals surface area (Å²) >= 11 is 1.36. The predicted molar refractivity (Wildman–Crippen MR) is 67.0 cm³/mol. The lowest BCUT2D eigenvalue weighted by Crippen LogP contribution is -2.26.